The normalized spacial score (nSPS) is 17.9. The van der Waals surface area contributed by atoms with Crippen molar-refractivity contribution in [2.45, 2.75) is 37.1 Å². The van der Waals surface area contributed by atoms with E-state index in [0.717, 1.165) is 73.8 Å². The molecule has 0 aliphatic carbocycles. The number of alkyl halides is 2. The molecule has 5 atom stereocenters. The molecule has 5 saturated heterocycles. The van der Waals surface area contributed by atoms with Crippen LogP contribution in [0.5, 0.6) is 5.75 Å². The average Bonchev–Trinajstić information content (AvgIpc) is 1.04. The third-order valence-corrected chi connectivity index (χ3v) is 21.3. The molecule has 9 heterocycles. The zero-order chi connectivity index (χ0) is 87.0. The minimum absolute atomic E-state index is 0.00307. The molecule has 0 radical (unpaired) electrons. The highest BCUT2D eigenvalue weighted by Crippen LogP contribution is 2.41. The molecule has 3 aromatic heterocycles. The SMILES string of the molecule is N#CC1=CC=C(C(=O)N(c2ccc([C@@H]3CNCCO3)cc2F)c2ccc([C@H]3CNCCO3)cc2Cl)N(c2ccc(OC(F)F)cc2)C1.N#Cc1ccc(-n2cc(C(=O)Nc3ccc([C@H]4CNCCO4)cc3Cl)cn2)cc1.N#Cc1ccc(C(=O)Nc2ccc([C@@H]3CNCCO3)cc2Cl)cn1.N#Cc1ccc(C(=O)Nc2ccc([C@H]3CNCCO3)cc2Cl)cn1. The number of amides is 4. The fourth-order valence-electron chi connectivity index (χ4n) is 13.6. The number of pyridine rings is 2. The van der Waals surface area contributed by atoms with Gasteiger partial charge < -0.3 is 75.9 Å². The zero-order valence-electron chi connectivity index (χ0n) is 66.0. The van der Waals surface area contributed by atoms with Crippen molar-refractivity contribution in [2.24, 2.45) is 0 Å². The molecule has 5 fully saturated rings. The van der Waals surface area contributed by atoms with Crippen molar-refractivity contribution >= 4 is 104 Å². The van der Waals surface area contributed by atoms with Gasteiger partial charge in [-0.15, -0.1) is 0 Å². The van der Waals surface area contributed by atoms with Gasteiger partial charge in [0.25, 0.3) is 23.6 Å². The minimum Gasteiger partial charge on any atom is -0.435 e. The quantitative estimate of drug-likeness (QED) is 0.0395. The lowest BCUT2D eigenvalue weighted by Gasteiger charge is -2.33. The molecular weight excluding hydrogens is 1680 g/mol. The molecule has 6 aliphatic heterocycles. The lowest BCUT2D eigenvalue weighted by molar-refractivity contribution is -0.114. The van der Waals surface area contributed by atoms with Crippen LogP contribution in [0.25, 0.3) is 5.69 Å². The van der Waals surface area contributed by atoms with Gasteiger partial charge in [0.2, 0.25) is 0 Å². The molecule has 16 rings (SSSR count). The molecule has 10 aromatic rings. The molecule has 0 bridgehead atoms. The highest BCUT2D eigenvalue weighted by Gasteiger charge is 2.34. The summed E-state index contributed by atoms with van der Waals surface area (Å²) in [5.74, 6) is -2.36. The third-order valence-electron chi connectivity index (χ3n) is 20.0. The van der Waals surface area contributed by atoms with Gasteiger partial charge >= 0.3 is 6.61 Å². The van der Waals surface area contributed by atoms with Crippen molar-refractivity contribution in [3.8, 4) is 35.7 Å². The molecule has 634 valence electrons. The summed E-state index contributed by atoms with van der Waals surface area (Å²) in [5, 5.41) is 66.4. The Bertz CT molecular complexity index is 5500. The van der Waals surface area contributed by atoms with Gasteiger partial charge in [-0.1, -0.05) is 76.7 Å². The Balaban J connectivity index is 0.000000149. The number of anilines is 6. The summed E-state index contributed by atoms with van der Waals surface area (Å²) in [6.07, 6.45) is 8.09. The Morgan fingerprint density at radius 3 is 1.25 bits per heavy atom. The maximum absolute atomic E-state index is 16.2. The zero-order valence-corrected chi connectivity index (χ0v) is 69.1. The van der Waals surface area contributed by atoms with Gasteiger partial charge in [0.15, 0.2) is 0 Å². The van der Waals surface area contributed by atoms with E-state index in [1.807, 2.05) is 36.4 Å². The van der Waals surface area contributed by atoms with E-state index in [9.17, 15) is 33.2 Å². The number of nitrogens with one attached hydrogen (secondary N) is 8. The van der Waals surface area contributed by atoms with E-state index >= 15 is 4.39 Å². The van der Waals surface area contributed by atoms with Crippen LogP contribution >= 0.6 is 46.4 Å². The fourth-order valence-corrected chi connectivity index (χ4v) is 14.6. The van der Waals surface area contributed by atoms with Crippen LogP contribution in [0.15, 0.2) is 212 Å². The van der Waals surface area contributed by atoms with Gasteiger partial charge in [0, 0.05) is 95.3 Å². The summed E-state index contributed by atoms with van der Waals surface area (Å²) in [4.78, 5) is 62.2. The van der Waals surface area contributed by atoms with E-state index < -0.39 is 18.3 Å². The number of nitrogens with zero attached hydrogens (tertiary/aromatic N) is 10. The number of hydrogen-bond donors (Lipinski definition) is 8. The highest BCUT2D eigenvalue weighted by atomic mass is 35.5. The van der Waals surface area contributed by atoms with E-state index in [1.165, 1.54) is 84.2 Å². The molecule has 4 amide bonds. The van der Waals surface area contributed by atoms with Crippen LogP contribution in [0.1, 0.15) is 106 Å². The predicted molar refractivity (Wildman–Crippen MR) is 459 cm³/mol. The maximum Gasteiger partial charge on any atom is 0.387 e. The largest absolute Gasteiger partial charge is 0.435 e. The Morgan fingerprint density at radius 2 is 0.879 bits per heavy atom. The minimum atomic E-state index is -3.01. The van der Waals surface area contributed by atoms with E-state index in [-0.39, 0.29) is 94.0 Å². The summed E-state index contributed by atoms with van der Waals surface area (Å²) >= 11 is 25.8. The second kappa shape index (κ2) is 43.5. The molecule has 35 heteroatoms. The molecule has 6 aliphatic rings. The smallest absolute Gasteiger partial charge is 0.387 e. The maximum atomic E-state index is 16.2. The molecular formula is C89H79Cl4F3N18O10. The van der Waals surface area contributed by atoms with E-state index in [2.05, 4.69) is 74.5 Å². The molecule has 8 N–H and O–H groups in total. The number of nitriles is 4. The van der Waals surface area contributed by atoms with Crippen LogP contribution in [0.4, 0.5) is 47.3 Å². The van der Waals surface area contributed by atoms with E-state index in [4.69, 9.17) is 85.9 Å². The second-order valence-corrected chi connectivity index (χ2v) is 29.8. The molecule has 28 nitrogen and oxygen atoms in total. The van der Waals surface area contributed by atoms with Gasteiger partial charge in [-0.25, -0.2) is 19.0 Å². The number of rotatable bonds is 18. The van der Waals surface area contributed by atoms with E-state index in [0.29, 0.717) is 124 Å². The Kier molecular flexibility index (Phi) is 31.3. The topological polar surface area (TPSA) is 365 Å². The number of hydrogen-bond acceptors (Lipinski definition) is 23. The summed E-state index contributed by atoms with van der Waals surface area (Å²) in [7, 11) is 0. The first-order valence-electron chi connectivity index (χ1n) is 39.1. The highest BCUT2D eigenvalue weighted by molar-refractivity contribution is 6.36. The Morgan fingerprint density at radius 1 is 0.468 bits per heavy atom. The number of halogens is 7. The molecule has 124 heavy (non-hydrogen) atoms. The summed E-state index contributed by atoms with van der Waals surface area (Å²) in [5.41, 5.74) is 9.83. The molecule has 7 aromatic carbocycles. The Hall–Kier alpha value is -12.5. The number of carbonyl (C=O) groups is 4. The molecule has 0 spiro atoms. The molecule has 0 unspecified atom stereocenters. The first kappa shape index (κ1) is 89.3. The van der Waals surface area contributed by atoms with Crippen LogP contribution in [0, 0.1) is 51.1 Å². The van der Waals surface area contributed by atoms with Gasteiger partial charge in [-0.3, -0.25) is 24.1 Å². The van der Waals surface area contributed by atoms with Crippen molar-refractivity contribution < 1.29 is 60.8 Å². The van der Waals surface area contributed by atoms with Crippen molar-refractivity contribution in [3.05, 3.63) is 299 Å². The monoisotopic (exact) mass is 1760 g/mol. The predicted octanol–water partition coefficient (Wildman–Crippen LogP) is 14.3. The third kappa shape index (κ3) is 23.5. The van der Waals surface area contributed by atoms with Crippen LogP contribution in [0.3, 0.4) is 0 Å². The number of ether oxygens (including phenoxy) is 6. The standard InChI is InChI=1S/C34H31ClF3N5O4.C21H18ClN5O2.2C17H15ClN4O2/c35-26-15-22(31-18-40-11-13-45-31)2-9-28(26)43(29-10-3-23(16-27(29)36)32-19-41-12-14-46-32)33(44)30-8-1-21(17-39)20-42(30)24-4-6-25(7-5-24)47-34(37)38;22-18-9-15(20-12-24-7-8-29-20)3-6-19(18)26-21(28)16-11-25-27(13-16)17-4-1-14(10-23)2-5-17;2*18-14-7-11(16-10-20-5-6-24-16)2-4-15(14)22-17(23)12-1-3-13(8-19)21-9-12/h1-10,15-16,31-32,34,40-41H,11-14,18-20H2;1-6,9,11,13,20,24H,7-8,12H2,(H,26,28);2*1-4,7,9,16,20H,5-6,10H2,(H,22,23)/t31-,32+;20-;2*16-/m1110/s1. The Labute approximate surface area is 731 Å². The van der Waals surface area contributed by atoms with Crippen LogP contribution in [-0.2, 0) is 28.5 Å². The van der Waals surface area contributed by atoms with Gasteiger partial charge in [-0.05, 0) is 173 Å². The van der Waals surface area contributed by atoms with Crippen molar-refractivity contribution in [1.82, 2.24) is 46.3 Å². The first-order chi connectivity index (χ1) is 60.3. The molecule has 0 saturated carbocycles. The van der Waals surface area contributed by atoms with E-state index in [1.54, 1.807) is 107 Å². The van der Waals surface area contributed by atoms with Crippen LogP contribution in [-0.4, -0.2) is 155 Å². The summed E-state index contributed by atoms with van der Waals surface area (Å²) in [6, 6.07) is 52.7. The number of morpholine rings is 5. The van der Waals surface area contributed by atoms with Gasteiger partial charge in [-0.2, -0.15) is 34.9 Å². The summed E-state index contributed by atoms with van der Waals surface area (Å²) < 4.78 is 76.5. The van der Waals surface area contributed by atoms with Gasteiger partial charge in [0.05, 0.1) is 165 Å². The lowest BCUT2D eigenvalue weighted by Crippen LogP contribution is -2.39. The number of aromatic nitrogens is 4. The number of benzene rings is 7. The van der Waals surface area contributed by atoms with Crippen LogP contribution < -0.4 is 57.1 Å². The number of allylic oxidation sites excluding steroid dienone is 2. The fraction of sp³-hybridized carbons (Fsp3) is 0.247. The average molecular weight is 1760 g/mol. The van der Waals surface area contributed by atoms with Crippen molar-refractivity contribution in [2.75, 3.05) is 131 Å². The van der Waals surface area contributed by atoms with Gasteiger partial charge in [0.1, 0.15) is 40.8 Å². The second-order valence-electron chi connectivity index (χ2n) is 28.2. The number of carbonyl (C=O) groups excluding carboxylic acids is 4. The lowest BCUT2D eigenvalue weighted by atomic mass is 10.0. The van der Waals surface area contributed by atoms with Crippen molar-refractivity contribution in [1.29, 1.82) is 21.0 Å². The van der Waals surface area contributed by atoms with Crippen molar-refractivity contribution in [3.63, 3.8) is 0 Å². The van der Waals surface area contributed by atoms with Crippen LogP contribution in [0.2, 0.25) is 20.1 Å². The first-order valence-corrected chi connectivity index (χ1v) is 40.6. The summed E-state index contributed by atoms with van der Waals surface area (Å²) in [6.45, 7) is 7.26.